The average molecular weight is 355 g/mol. The zero-order valence-electron chi connectivity index (χ0n) is 13.6. The molecule has 6 heteroatoms. The lowest BCUT2D eigenvalue weighted by atomic mass is 10.3. The molecule has 3 aromatic rings. The van der Waals surface area contributed by atoms with Gasteiger partial charge in [0.15, 0.2) is 6.61 Å². The van der Waals surface area contributed by atoms with Gasteiger partial charge in [-0.3, -0.25) is 4.79 Å². The number of anilines is 1. The average Bonchev–Trinajstić information content (AvgIpc) is 2.65. The fourth-order valence-corrected chi connectivity index (χ4v) is 2.16. The summed E-state index contributed by atoms with van der Waals surface area (Å²) >= 11 is 0. The standard InChI is InChI=1S/C20H15F2NO3/c21-14-6-11-18(22)19(12-14)23-20(24)13-25-15-7-9-17(10-8-15)26-16-4-2-1-3-5-16/h1-12H,13H2,(H,23,24). The van der Waals surface area contributed by atoms with E-state index in [1.807, 2.05) is 30.3 Å². The second-order valence-electron chi connectivity index (χ2n) is 5.35. The van der Waals surface area contributed by atoms with Crippen LogP contribution < -0.4 is 14.8 Å². The molecule has 0 saturated carbocycles. The summed E-state index contributed by atoms with van der Waals surface area (Å²) in [7, 11) is 0. The predicted molar refractivity (Wildman–Crippen MR) is 93.4 cm³/mol. The highest BCUT2D eigenvalue weighted by molar-refractivity contribution is 5.92. The smallest absolute Gasteiger partial charge is 0.262 e. The molecule has 3 aromatic carbocycles. The van der Waals surface area contributed by atoms with Crippen LogP contribution in [0.4, 0.5) is 14.5 Å². The lowest BCUT2D eigenvalue weighted by Crippen LogP contribution is -2.20. The van der Waals surface area contributed by atoms with Gasteiger partial charge in [0.2, 0.25) is 0 Å². The van der Waals surface area contributed by atoms with E-state index in [9.17, 15) is 13.6 Å². The van der Waals surface area contributed by atoms with Gasteiger partial charge in [-0.15, -0.1) is 0 Å². The Balaban J connectivity index is 1.53. The quantitative estimate of drug-likeness (QED) is 0.693. The van der Waals surface area contributed by atoms with Crippen molar-refractivity contribution >= 4 is 11.6 Å². The van der Waals surface area contributed by atoms with Gasteiger partial charge < -0.3 is 14.8 Å². The Kier molecular flexibility index (Phi) is 5.43. The van der Waals surface area contributed by atoms with Crippen molar-refractivity contribution < 1.29 is 23.0 Å². The van der Waals surface area contributed by atoms with Gasteiger partial charge in [-0.2, -0.15) is 0 Å². The SMILES string of the molecule is O=C(COc1ccc(Oc2ccccc2)cc1)Nc1cc(F)ccc1F. The minimum atomic E-state index is -0.720. The van der Waals surface area contributed by atoms with Crippen LogP contribution in [-0.2, 0) is 4.79 Å². The highest BCUT2D eigenvalue weighted by atomic mass is 19.1. The summed E-state index contributed by atoms with van der Waals surface area (Å²) in [5.41, 5.74) is -0.231. The van der Waals surface area contributed by atoms with Crippen molar-refractivity contribution in [3.63, 3.8) is 0 Å². The summed E-state index contributed by atoms with van der Waals surface area (Å²) in [6, 6.07) is 18.8. The Morgan fingerprint density at radius 1 is 0.846 bits per heavy atom. The molecule has 1 amide bonds. The van der Waals surface area contributed by atoms with Crippen LogP contribution in [0.3, 0.4) is 0 Å². The number of ether oxygens (including phenoxy) is 2. The lowest BCUT2D eigenvalue weighted by molar-refractivity contribution is -0.118. The Morgan fingerprint density at radius 3 is 2.23 bits per heavy atom. The summed E-state index contributed by atoms with van der Waals surface area (Å²) in [5.74, 6) is -0.189. The molecule has 0 aliphatic rings. The van der Waals surface area contributed by atoms with Crippen molar-refractivity contribution in [3.05, 3.63) is 84.4 Å². The molecule has 3 rings (SSSR count). The van der Waals surface area contributed by atoms with Crippen LogP contribution in [0.5, 0.6) is 17.2 Å². The molecule has 4 nitrogen and oxygen atoms in total. The van der Waals surface area contributed by atoms with E-state index >= 15 is 0 Å². The zero-order chi connectivity index (χ0) is 18.4. The summed E-state index contributed by atoms with van der Waals surface area (Å²) in [6.45, 7) is -0.338. The Labute approximate surface area is 149 Å². The van der Waals surface area contributed by atoms with Crippen LogP contribution in [0.1, 0.15) is 0 Å². The summed E-state index contributed by atoms with van der Waals surface area (Å²) in [4.78, 5) is 11.8. The molecule has 132 valence electrons. The van der Waals surface area contributed by atoms with E-state index < -0.39 is 17.5 Å². The first-order chi connectivity index (χ1) is 12.6. The molecule has 0 heterocycles. The maximum absolute atomic E-state index is 13.5. The highest BCUT2D eigenvalue weighted by Gasteiger charge is 2.09. The largest absolute Gasteiger partial charge is 0.484 e. The van der Waals surface area contributed by atoms with Crippen molar-refractivity contribution in [3.8, 4) is 17.2 Å². The highest BCUT2D eigenvalue weighted by Crippen LogP contribution is 2.23. The molecular formula is C20H15F2NO3. The van der Waals surface area contributed by atoms with Gasteiger partial charge in [0.25, 0.3) is 5.91 Å². The minimum Gasteiger partial charge on any atom is -0.484 e. The van der Waals surface area contributed by atoms with Crippen molar-refractivity contribution in [2.24, 2.45) is 0 Å². The Hall–Kier alpha value is -3.41. The molecule has 0 fully saturated rings. The fraction of sp³-hybridized carbons (Fsp3) is 0.0500. The third-order valence-corrected chi connectivity index (χ3v) is 3.38. The van der Waals surface area contributed by atoms with Gasteiger partial charge in [-0.1, -0.05) is 18.2 Å². The number of hydrogen-bond acceptors (Lipinski definition) is 3. The molecule has 26 heavy (non-hydrogen) atoms. The summed E-state index contributed by atoms with van der Waals surface area (Å²) in [6.07, 6.45) is 0. The van der Waals surface area contributed by atoms with Crippen molar-refractivity contribution in [1.82, 2.24) is 0 Å². The first-order valence-electron chi connectivity index (χ1n) is 7.81. The predicted octanol–water partition coefficient (Wildman–Crippen LogP) is 4.77. The van der Waals surface area contributed by atoms with E-state index in [0.29, 0.717) is 17.2 Å². The molecule has 0 spiro atoms. The fourth-order valence-electron chi connectivity index (χ4n) is 2.16. The van der Waals surface area contributed by atoms with Gasteiger partial charge in [-0.05, 0) is 48.5 Å². The van der Waals surface area contributed by atoms with Gasteiger partial charge in [0.05, 0.1) is 5.69 Å². The van der Waals surface area contributed by atoms with Crippen molar-refractivity contribution in [2.45, 2.75) is 0 Å². The van der Waals surface area contributed by atoms with Crippen LogP contribution in [0.2, 0.25) is 0 Å². The molecule has 0 unspecified atom stereocenters. The van der Waals surface area contributed by atoms with E-state index in [1.165, 1.54) is 0 Å². The summed E-state index contributed by atoms with van der Waals surface area (Å²) in [5, 5.41) is 2.26. The molecule has 0 aromatic heterocycles. The minimum absolute atomic E-state index is 0.231. The maximum atomic E-state index is 13.5. The number of rotatable bonds is 6. The van der Waals surface area contributed by atoms with Gasteiger partial charge in [0, 0.05) is 6.07 Å². The third kappa shape index (κ3) is 4.80. The van der Waals surface area contributed by atoms with E-state index in [-0.39, 0.29) is 12.3 Å². The second kappa shape index (κ2) is 8.11. The van der Waals surface area contributed by atoms with E-state index in [4.69, 9.17) is 9.47 Å². The van der Waals surface area contributed by atoms with Crippen LogP contribution in [0.15, 0.2) is 72.8 Å². The number of para-hydroxylation sites is 1. The third-order valence-electron chi connectivity index (χ3n) is 3.38. The Morgan fingerprint density at radius 2 is 1.50 bits per heavy atom. The molecular weight excluding hydrogens is 340 g/mol. The number of amides is 1. The van der Waals surface area contributed by atoms with Crippen molar-refractivity contribution in [2.75, 3.05) is 11.9 Å². The van der Waals surface area contributed by atoms with Crippen LogP contribution in [0.25, 0.3) is 0 Å². The first kappa shape index (κ1) is 17.4. The van der Waals surface area contributed by atoms with E-state index in [1.54, 1.807) is 24.3 Å². The maximum Gasteiger partial charge on any atom is 0.262 e. The number of carbonyl (C=O) groups excluding carboxylic acids is 1. The topological polar surface area (TPSA) is 47.6 Å². The van der Waals surface area contributed by atoms with Gasteiger partial charge in [-0.25, -0.2) is 8.78 Å². The molecule has 1 N–H and O–H groups in total. The number of benzene rings is 3. The first-order valence-corrected chi connectivity index (χ1v) is 7.81. The van der Waals surface area contributed by atoms with E-state index in [0.717, 1.165) is 18.2 Å². The normalized spacial score (nSPS) is 10.2. The van der Waals surface area contributed by atoms with Crippen molar-refractivity contribution in [1.29, 1.82) is 0 Å². The number of halogens is 2. The monoisotopic (exact) mass is 355 g/mol. The molecule has 0 saturated heterocycles. The molecule has 0 aliphatic heterocycles. The molecule has 0 radical (unpaired) electrons. The molecule has 0 bridgehead atoms. The molecule has 0 atom stereocenters. The summed E-state index contributed by atoms with van der Waals surface area (Å²) < 4.78 is 37.5. The van der Waals surface area contributed by atoms with Crippen LogP contribution in [-0.4, -0.2) is 12.5 Å². The zero-order valence-corrected chi connectivity index (χ0v) is 13.6. The lowest BCUT2D eigenvalue weighted by Gasteiger charge is -2.09. The number of carbonyl (C=O) groups is 1. The van der Waals surface area contributed by atoms with E-state index in [2.05, 4.69) is 5.32 Å². The Bertz CT molecular complexity index is 883. The van der Waals surface area contributed by atoms with Crippen LogP contribution in [0, 0.1) is 11.6 Å². The second-order valence-corrected chi connectivity index (χ2v) is 5.35. The number of nitrogens with one attached hydrogen (secondary N) is 1. The van der Waals surface area contributed by atoms with Gasteiger partial charge >= 0.3 is 0 Å². The van der Waals surface area contributed by atoms with Gasteiger partial charge in [0.1, 0.15) is 28.9 Å². The number of hydrogen-bond donors (Lipinski definition) is 1. The van der Waals surface area contributed by atoms with Crippen LogP contribution >= 0.6 is 0 Å². The molecule has 0 aliphatic carbocycles.